The van der Waals surface area contributed by atoms with E-state index in [2.05, 4.69) is 5.32 Å². The minimum absolute atomic E-state index is 0.249. The van der Waals surface area contributed by atoms with Crippen LogP contribution in [0.4, 0.5) is 10.1 Å². The molecule has 0 saturated carbocycles. The Hall–Kier alpha value is -1.54. The average Bonchev–Trinajstić information content (AvgIpc) is 2.10. The molecule has 0 bridgehead atoms. The van der Waals surface area contributed by atoms with Crippen molar-refractivity contribution in [2.75, 3.05) is 5.32 Å². The Kier molecular flexibility index (Phi) is 3.29. The summed E-state index contributed by atoms with van der Waals surface area (Å²) in [6.45, 7) is 0. The van der Waals surface area contributed by atoms with Gasteiger partial charge in [-0.2, -0.15) is 5.26 Å². The van der Waals surface area contributed by atoms with Crippen LogP contribution >= 0.6 is 11.8 Å². The molecule has 0 aromatic heterocycles. The van der Waals surface area contributed by atoms with Gasteiger partial charge in [0.05, 0.1) is 4.90 Å². The SMILES string of the molecule is N#CSc1ccc(NC=O)cc1F. The number of hydrogen-bond acceptors (Lipinski definition) is 3. The number of nitrogens with one attached hydrogen (secondary N) is 1. The lowest BCUT2D eigenvalue weighted by molar-refractivity contribution is -0.105. The van der Waals surface area contributed by atoms with Gasteiger partial charge in [-0.15, -0.1) is 0 Å². The number of hydrogen-bond donors (Lipinski definition) is 1. The number of benzene rings is 1. The van der Waals surface area contributed by atoms with Crippen LogP contribution in [0.2, 0.25) is 0 Å². The topological polar surface area (TPSA) is 52.9 Å². The van der Waals surface area contributed by atoms with Crippen molar-refractivity contribution >= 4 is 23.9 Å². The fraction of sp³-hybridized carbons (Fsp3) is 0. The number of nitrogens with zero attached hydrogens (tertiary/aromatic N) is 1. The highest BCUT2D eigenvalue weighted by atomic mass is 32.2. The number of carbonyl (C=O) groups excluding carboxylic acids is 1. The van der Waals surface area contributed by atoms with E-state index in [9.17, 15) is 9.18 Å². The number of halogens is 1. The first-order valence-electron chi connectivity index (χ1n) is 3.33. The van der Waals surface area contributed by atoms with Crippen LogP contribution in [0, 0.1) is 16.5 Å². The molecule has 13 heavy (non-hydrogen) atoms. The highest BCUT2D eigenvalue weighted by Crippen LogP contribution is 2.23. The van der Waals surface area contributed by atoms with Gasteiger partial charge in [0.15, 0.2) is 0 Å². The fourth-order valence-corrected chi connectivity index (χ4v) is 1.18. The van der Waals surface area contributed by atoms with Crippen LogP contribution in [0.3, 0.4) is 0 Å². The maximum Gasteiger partial charge on any atom is 0.211 e. The molecule has 0 aliphatic rings. The number of carbonyl (C=O) groups is 1. The van der Waals surface area contributed by atoms with Crippen molar-refractivity contribution in [1.82, 2.24) is 0 Å². The molecule has 1 N–H and O–H groups in total. The van der Waals surface area contributed by atoms with E-state index in [0.717, 1.165) is 17.8 Å². The maximum atomic E-state index is 13.0. The van der Waals surface area contributed by atoms with Crippen molar-refractivity contribution in [2.45, 2.75) is 4.90 Å². The number of rotatable bonds is 3. The minimum Gasteiger partial charge on any atom is -0.329 e. The summed E-state index contributed by atoms with van der Waals surface area (Å²) in [7, 11) is 0. The highest BCUT2D eigenvalue weighted by Gasteiger charge is 2.02. The molecule has 1 aromatic carbocycles. The first-order chi connectivity index (χ1) is 6.27. The number of anilines is 1. The van der Waals surface area contributed by atoms with Gasteiger partial charge in [0.25, 0.3) is 0 Å². The Morgan fingerprint density at radius 3 is 2.92 bits per heavy atom. The van der Waals surface area contributed by atoms with Crippen molar-refractivity contribution in [3.05, 3.63) is 24.0 Å². The third-order valence-electron chi connectivity index (χ3n) is 1.31. The monoisotopic (exact) mass is 196 g/mol. The number of thioether (sulfide) groups is 1. The van der Waals surface area contributed by atoms with Crippen LogP contribution < -0.4 is 5.32 Å². The van der Waals surface area contributed by atoms with E-state index in [-0.39, 0.29) is 4.90 Å². The van der Waals surface area contributed by atoms with Crippen LogP contribution in [-0.4, -0.2) is 6.41 Å². The molecule has 0 aliphatic carbocycles. The Labute approximate surface area is 78.6 Å². The summed E-state index contributed by atoms with van der Waals surface area (Å²) >= 11 is 0.743. The van der Waals surface area contributed by atoms with Crippen molar-refractivity contribution in [2.24, 2.45) is 0 Å². The first-order valence-corrected chi connectivity index (χ1v) is 4.15. The zero-order valence-electron chi connectivity index (χ0n) is 6.45. The molecule has 0 saturated heterocycles. The molecule has 0 atom stereocenters. The lowest BCUT2D eigenvalue weighted by Crippen LogP contribution is -1.94. The molecule has 3 nitrogen and oxygen atoms in total. The smallest absolute Gasteiger partial charge is 0.211 e. The zero-order chi connectivity index (χ0) is 9.68. The molecule has 0 unspecified atom stereocenters. The van der Waals surface area contributed by atoms with Crippen LogP contribution in [0.1, 0.15) is 0 Å². The van der Waals surface area contributed by atoms with E-state index in [4.69, 9.17) is 5.26 Å². The number of nitriles is 1. The Balaban J connectivity index is 2.92. The lowest BCUT2D eigenvalue weighted by Gasteiger charge is -2.00. The Morgan fingerprint density at radius 1 is 1.62 bits per heavy atom. The zero-order valence-corrected chi connectivity index (χ0v) is 7.27. The third-order valence-corrected chi connectivity index (χ3v) is 1.96. The Morgan fingerprint density at radius 2 is 2.38 bits per heavy atom. The first kappa shape index (κ1) is 9.55. The van der Waals surface area contributed by atoms with Gasteiger partial charge < -0.3 is 5.32 Å². The second-order valence-electron chi connectivity index (χ2n) is 2.10. The van der Waals surface area contributed by atoms with Crippen molar-refractivity contribution in [1.29, 1.82) is 5.26 Å². The van der Waals surface area contributed by atoms with Gasteiger partial charge in [0, 0.05) is 5.69 Å². The summed E-state index contributed by atoms with van der Waals surface area (Å²) in [5.41, 5.74) is 0.370. The molecule has 1 rings (SSSR count). The predicted octanol–water partition coefficient (Wildman–Crippen LogP) is 1.97. The lowest BCUT2D eigenvalue weighted by atomic mass is 10.3. The molecule has 0 heterocycles. The van der Waals surface area contributed by atoms with E-state index in [1.165, 1.54) is 12.1 Å². The highest BCUT2D eigenvalue weighted by molar-refractivity contribution is 8.03. The van der Waals surface area contributed by atoms with Crippen LogP contribution in [0.25, 0.3) is 0 Å². The normalized spacial score (nSPS) is 8.92. The second-order valence-corrected chi connectivity index (χ2v) is 2.93. The Bertz CT molecular complexity index is 362. The van der Waals surface area contributed by atoms with Gasteiger partial charge in [-0.3, -0.25) is 4.79 Å². The van der Waals surface area contributed by atoms with E-state index in [1.54, 1.807) is 5.40 Å². The number of thiocyanates is 1. The molecule has 1 aromatic rings. The summed E-state index contributed by atoms with van der Waals surface area (Å²) in [6.07, 6.45) is 0.464. The predicted molar refractivity (Wildman–Crippen MR) is 47.6 cm³/mol. The minimum atomic E-state index is -0.515. The molecular weight excluding hydrogens is 191 g/mol. The van der Waals surface area contributed by atoms with Gasteiger partial charge in [-0.25, -0.2) is 4.39 Å². The van der Waals surface area contributed by atoms with E-state index in [0.29, 0.717) is 12.1 Å². The summed E-state index contributed by atoms with van der Waals surface area (Å²) in [6, 6.07) is 4.13. The number of amides is 1. The van der Waals surface area contributed by atoms with Crippen LogP contribution in [0.15, 0.2) is 23.1 Å². The third kappa shape index (κ3) is 2.46. The van der Waals surface area contributed by atoms with Gasteiger partial charge in [-0.05, 0) is 30.0 Å². The van der Waals surface area contributed by atoms with Crippen LogP contribution in [-0.2, 0) is 4.79 Å². The van der Waals surface area contributed by atoms with Crippen LogP contribution in [0.5, 0.6) is 0 Å². The molecule has 0 fully saturated rings. The van der Waals surface area contributed by atoms with E-state index >= 15 is 0 Å². The van der Waals surface area contributed by atoms with E-state index in [1.807, 2.05) is 0 Å². The summed E-state index contributed by atoms with van der Waals surface area (Å²) in [5, 5.41) is 12.4. The molecule has 5 heteroatoms. The van der Waals surface area contributed by atoms with Crippen molar-refractivity contribution < 1.29 is 9.18 Å². The molecule has 66 valence electrons. The molecule has 1 amide bonds. The maximum absolute atomic E-state index is 13.0. The molecule has 0 spiro atoms. The average molecular weight is 196 g/mol. The molecular formula is C8H5FN2OS. The van der Waals surface area contributed by atoms with Crippen molar-refractivity contribution in [3.8, 4) is 5.40 Å². The van der Waals surface area contributed by atoms with Gasteiger partial charge in [0.2, 0.25) is 6.41 Å². The quantitative estimate of drug-likeness (QED) is 0.456. The van der Waals surface area contributed by atoms with E-state index < -0.39 is 5.82 Å². The summed E-state index contributed by atoms with van der Waals surface area (Å²) < 4.78 is 13.0. The van der Waals surface area contributed by atoms with Crippen molar-refractivity contribution in [3.63, 3.8) is 0 Å². The second kappa shape index (κ2) is 4.48. The fourth-order valence-electron chi connectivity index (χ4n) is 0.791. The largest absolute Gasteiger partial charge is 0.329 e. The molecule has 0 aliphatic heterocycles. The standard InChI is InChI=1S/C8H5FN2OS/c9-7-3-6(11-5-12)1-2-8(7)13-4-10/h1-3,5H,(H,11,12). The molecule has 0 radical (unpaired) electrons. The summed E-state index contributed by atoms with van der Waals surface area (Å²) in [5.74, 6) is -0.515. The van der Waals surface area contributed by atoms with Gasteiger partial charge in [0.1, 0.15) is 11.2 Å². The summed E-state index contributed by atoms with van der Waals surface area (Å²) in [4.78, 5) is 10.3. The van der Waals surface area contributed by atoms with Gasteiger partial charge >= 0.3 is 0 Å². The van der Waals surface area contributed by atoms with Gasteiger partial charge in [-0.1, -0.05) is 0 Å².